The van der Waals surface area contributed by atoms with Crippen molar-refractivity contribution in [3.05, 3.63) is 87.2 Å². The van der Waals surface area contributed by atoms with Gasteiger partial charge in [0.1, 0.15) is 5.57 Å². The monoisotopic (exact) mass is 457 g/mol. The molecule has 33 heavy (non-hydrogen) atoms. The Balaban J connectivity index is 1.79. The van der Waals surface area contributed by atoms with Crippen LogP contribution in [0.15, 0.2) is 48.0 Å². The molecule has 2 heterocycles. The van der Waals surface area contributed by atoms with Crippen molar-refractivity contribution in [3.8, 4) is 5.69 Å². The number of nitrogens with one attached hydrogen (secondary N) is 1. The van der Waals surface area contributed by atoms with Crippen molar-refractivity contribution in [3.63, 3.8) is 0 Å². The zero-order chi connectivity index (χ0) is 24.0. The molecule has 168 valence electrons. The Kier molecular flexibility index (Phi) is 5.80. The second-order valence-corrected chi connectivity index (χ2v) is 9.09. The molecule has 2 amide bonds. The van der Waals surface area contributed by atoms with Crippen LogP contribution in [0, 0.1) is 41.5 Å². The molecule has 0 bridgehead atoms. The maximum atomic E-state index is 13.5. The van der Waals surface area contributed by atoms with Crippen LogP contribution in [0.5, 0.6) is 0 Å². The molecule has 0 spiro atoms. The highest BCUT2D eigenvalue weighted by atomic mass is 32.1. The Morgan fingerprint density at radius 3 is 1.97 bits per heavy atom. The summed E-state index contributed by atoms with van der Waals surface area (Å²) >= 11 is 5.35. The molecule has 1 saturated heterocycles. The highest BCUT2D eigenvalue weighted by molar-refractivity contribution is 7.80. The number of carbonyl (C=O) groups excluding carboxylic acids is 2. The minimum absolute atomic E-state index is 0.0597. The van der Waals surface area contributed by atoms with Crippen LogP contribution < -0.4 is 10.2 Å². The van der Waals surface area contributed by atoms with Gasteiger partial charge in [0.05, 0.1) is 5.69 Å². The molecule has 4 rings (SSSR count). The molecule has 1 aliphatic heterocycles. The summed E-state index contributed by atoms with van der Waals surface area (Å²) in [6.07, 6.45) is 1.66. The van der Waals surface area contributed by atoms with E-state index in [-0.39, 0.29) is 10.7 Å². The van der Waals surface area contributed by atoms with E-state index >= 15 is 0 Å². The number of hydrogen-bond acceptors (Lipinski definition) is 3. The van der Waals surface area contributed by atoms with E-state index in [1.54, 1.807) is 6.08 Å². The molecule has 0 radical (unpaired) electrons. The second kappa shape index (κ2) is 8.45. The SMILES string of the molecule is Cc1ccc(N2C(=O)/C(=C/c3cc(C)n(-c4ccc(C)cc4C)c3C)C(=O)NC2=S)c(C)c1. The van der Waals surface area contributed by atoms with E-state index in [1.807, 2.05) is 52.0 Å². The highest BCUT2D eigenvalue weighted by Crippen LogP contribution is 2.29. The van der Waals surface area contributed by atoms with Gasteiger partial charge in [-0.1, -0.05) is 35.4 Å². The van der Waals surface area contributed by atoms with Crippen LogP contribution in [0.2, 0.25) is 0 Å². The zero-order valence-electron chi connectivity index (χ0n) is 19.7. The van der Waals surface area contributed by atoms with E-state index in [9.17, 15) is 9.59 Å². The van der Waals surface area contributed by atoms with E-state index in [0.29, 0.717) is 5.69 Å². The van der Waals surface area contributed by atoms with Crippen molar-refractivity contribution in [1.29, 1.82) is 0 Å². The normalized spacial score (nSPS) is 15.4. The van der Waals surface area contributed by atoms with Gasteiger partial charge in [-0.15, -0.1) is 0 Å². The second-order valence-electron chi connectivity index (χ2n) is 8.70. The first kappa shape index (κ1) is 22.7. The average Bonchev–Trinajstić information content (AvgIpc) is 3.00. The predicted octanol–water partition coefficient (Wildman–Crippen LogP) is 5.16. The van der Waals surface area contributed by atoms with E-state index in [0.717, 1.165) is 39.3 Å². The number of rotatable bonds is 3. The smallest absolute Gasteiger partial charge is 0.270 e. The number of amides is 2. The van der Waals surface area contributed by atoms with Gasteiger partial charge < -0.3 is 4.57 Å². The van der Waals surface area contributed by atoms with Gasteiger partial charge in [0, 0.05) is 17.1 Å². The molecular weight excluding hydrogens is 430 g/mol. The van der Waals surface area contributed by atoms with Crippen molar-refractivity contribution in [2.75, 3.05) is 4.90 Å². The maximum Gasteiger partial charge on any atom is 0.270 e. The fourth-order valence-corrected chi connectivity index (χ4v) is 4.72. The molecule has 1 fully saturated rings. The fourth-order valence-electron chi connectivity index (χ4n) is 4.45. The van der Waals surface area contributed by atoms with Gasteiger partial charge in [-0.25, -0.2) is 0 Å². The Bertz CT molecular complexity index is 1360. The summed E-state index contributed by atoms with van der Waals surface area (Å²) in [7, 11) is 0. The van der Waals surface area contributed by atoms with Gasteiger partial charge in [0.25, 0.3) is 11.8 Å². The Labute approximate surface area is 199 Å². The van der Waals surface area contributed by atoms with E-state index in [1.165, 1.54) is 10.5 Å². The average molecular weight is 458 g/mol. The molecular formula is C27H27N3O2S. The van der Waals surface area contributed by atoms with E-state index in [4.69, 9.17) is 12.2 Å². The van der Waals surface area contributed by atoms with Crippen LogP contribution in [0.25, 0.3) is 11.8 Å². The Morgan fingerprint density at radius 1 is 0.818 bits per heavy atom. The number of thiocarbonyl (C=S) groups is 1. The van der Waals surface area contributed by atoms with Crippen molar-refractivity contribution < 1.29 is 9.59 Å². The van der Waals surface area contributed by atoms with Gasteiger partial charge >= 0.3 is 0 Å². The predicted molar refractivity (Wildman–Crippen MR) is 137 cm³/mol. The van der Waals surface area contributed by atoms with Crippen LogP contribution in [-0.4, -0.2) is 21.5 Å². The van der Waals surface area contributed by atoms with Crippen LogP contribution >= 0.6 is 12.2 Å². The first-order valence-electron chi connectivity index (χ1n) is 10.8. The summed E-state index contributed by atoms with van der Waals surface area (Å²) in [5, 5.41) is 2.77. The number of nitrogens with zero attached hydrogens (tertiary/aromatic N) is 2. The molecule has 6 heteroatoms. The number of benzene rings is 2. The van der Waals surface area contributed by atoms with E-state index < -0.39 is 11.8 Å². The molecule has 0 aliphatic carbocycles. The number of aryl methyl sites for hydroxylation is 5. The number of anilines is 1. The molecule has 1 N–H and O–H groups in total. The van der Waals surface area contributed by atoms with Gasteiger partial charge in [-0.05, 0) is 94.7 Å². The van der Waals surface area contributed by atoms with Crippen molar-refractivity contribution in [2.45, 2.75) is 41.5 Å². The molecule has 2 aromatic carbocycles. The fraction of sp³-hybridized carbons (Fsp3) is 0.222. The molecule has 0 saturated carbocycles. The third kappa shape index (κ3) is 4.02. The maximum absolute atomic E-state index is 13.5. The largest absolute Gasteiger partial charge is 0.318 e. The third-order valence-corrected chi connectivity index (χ3v) is 6.34. The van der Waals surface area contributed by atoms with Crippen molar-refractivity contribution in [2.24, 2.45) is 0 Å². The summed E-state index contributed by atoms with van der Waals surface area (Å²) in [6.45, 7) is 12.1. The molecule has 1 aromatic heterocycles. The molecule has 0 atom stereocenters. The molecule has 1 aliphatic rings. The molecule has 0 unspecified atom stereocenters. The number of carbonyl (C=O) groups is 2. The van der Waals surface area contributed by atoms with Crippen LogP contribution in [0.3, 0.4) is 0 Å². The standard InChI is InChI=1S/C27H27N3O2S/c1-15-7-9-23(17(3)11-15)29-19(5)13-21(20(29)6)14-22-25(31)28-27(33)30(26(22)32)24-10-8-16(2)12-18(24)4/h7-14H,1-6H3,(H,28,31,33)/b22-14+. The lowest BCUT2D eigenvalue weighted by atomic mass is 10.0. The number of aromatic nitrogens is 1. The van der Waals surface area contributed by atoms with Crippen LogP contribution in [0.1, 0.15) is 39.2 Å². The van der Waals surface area contributed by atoms with Crippen molar-refractivity contribution in [1.82, 2.24) is 9.88 Å². The zero-order valence-corrected chi connectivity index (χ0v) is 20.6. The Hall–Kier alpha value is -3.51. The van der Waals surface area contributed by atoms with Gasteiger partial charge in [-0.2, -0.15) is 0 Å². The minimum Gasteiger partial charge on any atom is -0.318 e. The topological polar surface area (TPSA) is 54.3 Å². The lowest BCUT2D eigenvalue weighted by molar-refractivity contribution is -0.122. The summed E-state index contributed by atoms with van der Waals surface area (Å²) in [5.41, 5.74) is 8.97. The molecule has 5 nitrogen and oxygen atoms in total. The summed E-state index contributed by atoms with van der Waals surface area (Å²) in [4.78, 5) is 27.6. The van der Waals surface area contributed by atoms with Crippen molar-refractivity contribution >= 4 is 40.9 Å². The summed E-state index contributed by atoms with van der Waals surface area (Å²) in [5.74, 6) is -0.908. The van der Waals surface area contributed by atoms with Gasteiger partial charge in [0.2, 0.25) is 0 Å². The highest BCUT2D eigenvalue weighted by Gasteiger charge is 2.35. The van der Waals surface area contributed by atoms with Gasteiger partial charge in [0.15, 0.2) is 5.11 Å². The minimum atomic E-state index is -0.484. The van der Waals surface area contributed by atoms with Crippen LogP contribution in [-0.2, 0) is 9.59 Å². The lowest BCUT2D eigenvalue weighted by Crippen LogP contribution is -2.54. The first-order chi connectivity index (χ1) is 15.6. The summed E-state index contributed by atoms with van der Waals surface area (Å²) < 4.78 is 2.15. The van der Waals surface area contributed by atoms with E-state index in [2.05, 4.69) is 41.9 Å². The van der Waals surface area contributed by atoms with Gasteiger partial charge in [-0.3, -0.25) is 19.8 Å². The number of hydrogen-bond donors (Lipinski definition) is 1. The quantitative estimate of drug-likeness (QED) is 0.336. The summed E-state index contributed by atoms with van der Waals surface area (Å²) in [6, 6.07) is 14.1. The first-order valence-corrected chi connectivity index (χ1v) is 11.2. The lowest BCUT2D eigenvalue weighted by Gasteiger charge is -2.30. The molecule has 3 aromatic rings. The Morgan fingerprint density at radius 2 is 1.39 bits per heavy atom. The van der Waals surface area contributed by atoms with Crippen LogP contribution in [0.4, 0.5) is 5.69 Å². The third-order valence-electron chi connectivity index (χ3n) is 6.06.